The first-order valence-corrected chi connectivity index (χ1v) is 3.77. The molecule has 0 aliphatic rings. The fraction of sp³-hybridized carbons (Fsp3) is 0.857. The predicted octanol–water partition coefficient (Wildman–Crippen LogP) is -1.72. The highest BCUT2D eigenvalue weighted by atomic mass is 16.4. The zero-order chi connectivity index (χ0) is 11.7. The van der Waals surface area contributed by atoms with Crippen molar-refractivity contribution in [3.8, 4) is 0 Å². The molecule has 84 valence electrons. The molecule has 0 aliphatic heterocycles. The molecular formula is C7H20NO5-. The highest BCUT2D eigenvalue weighted by molar-refractivity contribution is 5.58. The number of carbonyl (C=O) groups is 1. The Morgan fingerprint density at radius 2 is 1.08 bits per heavy atom. The third-order valence-electron chi connectivity index (χ3n) is 0. The largest absolute Gasteiger partial charge is 0.530 e. The van der Waals surface area contributed by atoms with Crippen LogP contribution >= 0.6 is 0 Å². The molecule has 0 radical (unpaired) electrons. The summed E-state index contributed by atoms with van der Waals surface area (Å²) in [5, 5.41) is 31.4. The lowest BCUT2D eigenvalue weighted by atomic mass is 10.9. The van der Waals surface area contributed by atoms with E-state index in [-0.39, 0.29) is 19.8 Å². The maximum absolute atomic E-state index is 8.67. The minimum Gasteiger partial charge on any atom is -0.530 e. The molecule has 0 aromatic rings. The summed E-state index contributed by atoms with van der Waals surface area (Å²) in [5.41, 5.74) is 3.92. The van der Waals surface area contributed by atoms with Crippen LogP contribution in [0.25, 0.3) is 0 Å². The number of rotatable bonds is 0. The lowest BCUT2D eigenvalue weighted by Crippen LogP contribution is -2.29. The van der Waals surface area contributed by atoms with Crippen molar-refractivity contribution in [3.05, 3.63) is 0 Å². The number of primary amides is 1. The van der Waals surface area contributed by atoms with Crippen LogP contribution in [-0.4, -0.2) is 41.2 Å². The third-order valence-corrected chi connectivity index (χ3v) is 0. The van der Waals surface area contributed by atoms with E-state index in [2.05, 4.69) is 5.73 Å². The van der Waals surface area contributed by atoms with Crippen LogP contribution in [0, 0.1) is 0 Å². The van der Waals surface area contributed by atoms with Gasteiger partial charge in [-0.3, -0.25) is 0 Å². The van der Waals surface area contributed by atoms with E-state index in [0.717, 1.165) is 0 Å². The Labute approximate surface area is 78.6 Å². The van der Waals surface area contributed by atoms with Gasteiger partial charge >= 0.3 is 0 Å². The summed E-state index contributed by atoms with van der Waals surface area (Å²) in [6, 6.07) is 0. The molecule has 6 nitrogen and oxygen atoms in total. The zero-order valence-corrected chi connectivity index (χ0v) is 8.36. The average molecular weight is 198 g/mol. The van der Waals surface area contributed by atoms with Crippen molar-refractivity contribution in [1.29, 1.82) is 0 Å². The Hall–Kier alpha value is -0.850. The molecule has 0 heterocycles. The smallest absolute Gasteiger partial charge is 0.131 e. The van der Waals surface area contributed by atoms with Crippen molar-refractivity contribution in [3.63, 3.8) is 0 Å². The van der Waals surface area contributed by atoms with E-state index < -0.39 is 6.09 Å². The van der Waals surface area contributed by atoms with Crippen LogP contribution in [0.5, 0.6) is 0 Å². The second-order valence-electron chi connectivity index (χ2n) is 1.27. The van der Waals surface area contributed by atoms with Gasteiger partial charge in [0.25, 0.3) is 0 Å². The van der Waals surface area contributed by atoms with Crippen molar-refractivity contribution in [2.24, 2.45) is 5.73 Å². The van der Waals surface area contributed by atoms with Gasteiger partial charge < -0.3 is 31.0 Å². The molecule has 5 N–H and O–H groups in total. The van der Waals surface area contributed by atoms with Crippen molar-refractivity contribution < 1.29 is 25.2 Å². The van der Waals surface area contributed by atoms with Gasteiger partial charge in [-0.1, -0.05) is 0 Å². The normalized spacial score (nSPS) is 6.00. The number of aliphatic hydroxyl groups excluding tert-OH is 3. The second kappa shape index (κ2) is 43.3. The number of carbonyl (C=O) groups excluding carboxylic acids is 1. The summed E-state index contributed by atoms with van der Waals surface area (Å²) in [6.45, 7) is 5.79. The lowest BCUT2D eigenvalue weighted by Gasteiger charge is -1.78. The monoisotopic (exact) mass is 198 g/mol. The van der Waals surface area contributed by atoms with Gasteiger partial charge in [-0.2, -0.15) is 0 Å². The summed E-state index contributed by atoms with van der Waals surface area (Å²) in [5.74, 6) is 0. The van der Waals surface area contributed by atoms with Gasteiger partial charge in [0.2, 0.25) is 0 Å². The van der Waals surface area contributed by atoms with E-state index in [0.29, 0.717) is 0 Å². The SMILES string of the molecule is CCO.CCO.CCO.NC(=O)[O-]. The number of amides is 1. The Balaban J connectivity index is -0.0000000420. The Bertz CT molecular complexity index is 61.1. The second-order valence-corrected chi connectivity index (χ2v) is 1.27. The molecule has 0 aliphatic carbocycles. The predicted molar refractivity (Wildman–Crippen MR) is 47.9 cm³/mol. The molecule has 0 fully saturated rings. The summed E-state index contributed by atoms with van der Waals surface area (Å²) in [4.78, 5) is 8.67. The summed E-state index contributed by atoms with van der Waals surface area (Å²) in [6.07, 6.45) is -1.58. The number of hydrogen-bond donors (Lipinski definition) is 4. The lowest BCUT2D eigenvalue weighted by molar-refractivity contribution is -0.245. The third kappa shape index (κ3) is 1290. The molecule has 0 aromatic heterocycles. The van der Waals surface area contributed by atoms with Gasteiger partial charge in [-0.05, 0) is 20.8 Å². The van der Waals surface area contributed by atoms with Crippen molar-refractivity contribution in [2.45, 2.75) is 20.8 Å². The van der Waals surface area contributed by atoms with Crippen LogP contribution in [0.1, 0.15) is 20.8 Å². The Morgan fingerprint density at radius 1 is 1.08 bits per heavy atom. The summed E-state index contributed by atoms with van der Waals surface area (Å²) >= 11 is 0. The highest BCUT2D eigenvalue weighted by Gasteiger charge is 1.44. The molecule has 6 heteroatoms. The van der Waals surface area contributed by atoms with Crippen LogP contribution in [0.15, 0.2) is 0 Å². The fourth-order valence-electron chi connectivity index (χ4n) is 0. The molecule has 13 heavy (non-hydrogen) atoms. The Kier molecular flexibility index (Phi) is 75.8. The first-order chi connectivity index (χ1) is 5.97. The van der Waals surface area contributed by atoms with E-state index in [9.17, 15) is 0 Å². The van der Waals surface area contributed by atoms with Gasteiger partial charge in [-0.25, -0.2) is 0 Å². The number of aliphatic hydroxyl groups is 3. The molecule has 0 unspecified atom stereocenters. The zero-order valence-electron chi connectivity index (χ0n) is 8.36. The topological polar surface area (TPSA) is 127 Å². The van der Waals surface area contributed by atoms with Gasteiger partial charge in [0.05, 0.1) is 0 Å². The average Bonchev–Trinajstić information content (AvgIpc) is 1.88. The molecule has 0 aromatic carbocycles. The number of carboxylic acid groups (broad SMARTS) is 1. The highest BCUT2D eigenvalue weighted by Crippen LogP contribution is 1.30. The van der Waals surface area contributed by atoms with Gasteiger partial charge in [0.15, 0.2) is 0 Å². The summed E-state index contributed by atoms with van der Waals surface area (Å²) in [7, 11) is 0. The minimum absolute atomic E-state index is 0.250. The molecule has 0 saturated carbocycles. The van der Waals surface area contributed by atoms with Gasteiger partial charge in [-0.15, -0.1) is 0 Å². The maximum atomic E-state index is 8.67. The van der Waals surface area contributed by atoms with E-state index in [4.69, 9.17) is 25.2 Å². The van der Waals surface area contributed by atoms with E-state index in [1.807, 2.05) is 0 Å². The molecule has 0 saturated heterocycles. The Morgan fingerprint density at radius 3 is 1.08 bits per heavy atom. The maximum Gasteiger partial charge on any atom is 0.131 e. The number of hydrogen-bond acceptors (Lipinski definition) is 5. The van der Waals surface area contributed by atoms with Gasteiger partial charge in [0.1, 0.15) is 6.09 Å². The number of nitrogens with two attached hydrogens (primary N) is 1. The quantitative estimate of drug-likeness (QED) is 0.368. The molecule has 0 atom stereocenters. The van der Waals surface area contributed by atoms with E-state index in [1.165, 1.54) is 0 Å². The summed E-state index contributed by atoms with van der Waals surface area (Å²) < 4.78 is 0. The van der Waals surface area contributed by atoms with Gasteiger partial charge in [0, 0.05) is 19.8 Å². The molecule has 0 bridgehead atoms. The van der Waals surface area contributed by atoms with Crippen LogP contribution in [0.4, 0.5) is 4.79 Å². The van der Waals surface area contributed by atoms with E-state index in [1.54, 1.807) is 20.8 Å². The van der Waals surface area contributed by atoms with Crippen molar-refractivity contribution in [2.75, 3.05) is 19.8 Å². The first kappa shape index (κ1) is 22.7. The molecular weight excluding hydrogens is 178 g/mol. The molecule has 0 spiro atoms. The van der Waals surface area contributed by atoms with Crippen LogP contribution in [-0.2, 0) is 0 Å². The van der Waals surface area contributed by atoms with Crippen LogP contribution in [0.2, 0.25) is 0 Å². The fourth-order valence-corrected chi connectivity index (χ4v) is 0. The van der Waals surface area contributed by atoms with Crippen LogP contribution in [0.3, 0.4) is 0 Å². The van der Waals surface area contributed by atoms with E-state index >= 15 is 0 Å². The van der Waals surface area contributed by atoms with Crippen molar-refractivity contribution in [1.82, 2.24) is 0 Å². The van der Waals surface area contributed by atoms with Crippen molar-refractivity contribution >= 4 is 6.09 Å². The molecule has 0 rings (SSSR count). The first-order valence-electron chi connectivity index (χ1n) is 3.77. The standard InChI is InChI=1S/3C2H6O.CH3NO2/c3*1-2-3;2-1(3)4/h3*3H,2H2,1H3;2H2,(H,3,4)/p-1. The van der Waals surface area contributed by atoms with Crippen LogP contribution < -0.4 is 10.8 Å². The molecule has 1 amide bonds. The minimum atomic E-state index is -1.58.